The number of carbonyl (C=O) groups is 1. The number of aromatic carboxylic acids is 1. The number of rotatable bonds is 5. The molecular formula is C10H12F3NO2S. The molecule has 0 aromatic carbocycles. The molecule has 1 aromatic heterocycles. The Balaban J connectivity index is 2.44. The van der Waals surface area contributed by atoms with Gasteiger partial charge in [0.25, 0.3) is 0 Å². The van der Waals surface area contributed by atoms with Crippen molar-refractivity contribution in [2.45, 2.75) is 26.1 Å². The Bertz CT molecular complexity index is 401. The van der Waals surface area contributed by atoms with Crippen molar-refractivity contribution in [3.63, 3.8) is 0 Å². The topological polar surface area (TPSA) is 49.3 Å². The molecule has 0 atom stereocenters. The van der Waals surface area contributed by atoms with Crippen molar-refractivity contribution in [2.24, 2.45) is 0 Å². The van der Waals surface area contributed by atoms with Crippen LogP contribution in [0.1, 0.15) is 26.5 Å². The SMILES string of the molecule is Cc1sc(C(=O)O)cc1CNCCC(F)(F)F. The van der Waals surface area contributed by atoms with Crippen molar-refractivity contribution in [3.8, 4) is 0 Å². The Labute approximate surface area is 100 Å². The van der Waals surface area contributed by atoms with E-state index in [0.717, 1.165) is 21.8 Å². The summed E-state index contributed by atoms with van der Waals surface area (Å²) in [5, 5.41) is 11.4. The first-order valence-electron chi connectivity index (χ1n) is 4.89. The smallest absolute Gasteiger partial charge is 0.390 e. The Morgan fingerprint density at radius 3 is 2.65 bits per heavy atom. The number of aryl methyl sites for hydroxylation is 1. The van der Waals surface area contributed by atoms with Gasteiger partial charge >= 0.3 is 12.1 Å². The summed E-state index contributed by atoms with van der Waals surface area (Å²) in [4.78, 5) is 11.7. The molecule has 1 heterocycles. The lowest BCUT2D eigenvalue weighted by atomic mass is 10.2. The Kier molecular flexibility index (Phi) is 4.53. The highest BCUT2D eigenvalue weighted by molar-refractivity contribution is 7.14. The number of nitrogens with one attached hydrogen (secondary N) is 1. The van der Waals surface area contributed by atoms with Crippen molar-refractivity contribution < 1.29 is 23.1 Å². The zero-order valence-corrected chi connectivity index (χ0v) is 9.91. The van der Waals surface area contributed by atoms with E-state index in [1.807, 2.05) is 0 Å². The predicted octanol–water partition coefficient (Wildman–Crippen LogP) is 2.80. The fourth-order valence-corrected chi connectivity index (χ4v) is 2.13. The van der Waals surface area contributed by atoms with Gasteiger partial charge in [-0.1, -0.05) is 0 Å². The van der Waals surface area contributed by atoms with Crippen molar-refractivity contribution in [2.75, 3.05) is 6.54 Å². The zero-order valence-electron chi connectivity index (χ0n) is 9.10. The molecule has 0 unspecified atom stereocenters. The Morgan fingerprint density at radius 1 is 1.53 bits per heavy atom. The molecule has 0 aliphatic heterocycles. The molecule has 17 heavy (non-hydrogen) atoms. The maximum absolute atomic E-state index is 11.9. The summed E-state index contributed by atoms with van der Waals surface area (Å²) < 4.78 is 35.6. The average molecular weight is 267 g/mol. The molecule has 0 radical (unpaired) electrons. The molecule has 0 bridgehead atoms. The summed E-state index contributed by atoms with van der Waals surface area (Å²) in [6.45, 7) is 1.84. The first kappa shape index (κ1) is 14.0. The lowest BCUT2D eigenvalue weighted by molar-refractivity contribution is -0.133. The summed E-state index contributed by atoms with van der Waals surface area (Å²) in [6, 6.07) is 1.49. The number of carboxylic acids is 1. The number of carboxylic acid groups (broad SMARTS) is 1. The average Bonchev–Trinajstić information content (AvgIpc) is 2.54. The van der Waals surface area contributed by atoms with Gasteiger partial charge in [0.15, 0.2) is 0 Å². The van der Waals surface area contributed by atoms with Gasteiger partial charge in [-0.15, -0.1) is 11.3 Å². The van der Waals surface area contributed by atoms with Crippen LogP contribution in [0, 0.1) is 6.92 Å². The largest absolute Gasteiger partial charge is 0.477 e. The summed E-state index contributed by atoms with van der Waals surface area (Å²) in [5.41, 5.74) is 0.731. The zero-order chi connectivity index (χ0) is 13.1. The molecular weight excluding hydrogens is 255 g/mol. The number of thiophene rings is 1. The molecule has 0 amide bonds. The van der Waals surface area contributed by atoms with Crippen LogP contribution in [0.3, 0.4) is 0 Å². The molecule has 3 nitrogen and oxygen atoms in total. The summed E-state index contributed by atoms with van der Waals surface area (Å²) in [6.07, 6.45) is -5.05. The van der Waals surface area contributed by atoms with E-state index >= 15 is 0 Å². The van der Waals surface area contributed by atoms with Crippen molar-refractivity contribution in [1.82, 2.24) is 5.32 Å². The Hall–Kier alpha value is -1.08. The van der Waals surface area contributed by atoms with Crippen LogP contribution < -0.4 is 5.32 Å². The number of alkyl halides is 3. The van der Waals surface area contributed by atoms with E-state index in [1.54, 1.807) is 6.92 Å². The summed E-state index contributed by atoms with van der Waals surface area (Å²) in [7, 11) is 0. The third-order valence-electron chi connectivity index (χ3n) is 2.13. The molecule has 0 fully saturated rings. The van der Waals surface area contributed by atoms with Crippen LogP contribution in [-0.2, 0) is 6.54 Å². The van der Waals surface area contributed by atoms with Crippen molar-refractivity contribution in [3.05, 3.63) is 21.4 Å². The molecule has 0 spiro atoms. The number of hydrogen-bond acceptors (Lipinski definition) is 3. The normalized spacial score (nSPS) is 11.8. The molecule has 96 valence electrons. The first-order valence-corrected chi connectivity index (χ1v) is 5.71. The number of halogens is 3. The van der Waals surface area contributed by atoms with Gasteiger partial charge in [0.2, 0.25) is 0 Å². The van der Waals surface area contributed by atoms with Gasteiger partial charge in [0.1, 0.15) is 4.88 Å². The van der Waals surface area contributed by atoms with Gasteiger partial charge in [0, 0.05) is 18.0 Å². The van der Waals surface area contributed by atoms with Crippen LogP contribution >= 0.6 is 11.3 Å². The highest BCUT2D eigenvalue weighted by Crippen LogP contribution is 2.22. The van der Waals surface area contributed by atoms with E-state index in [0.29, 0.717) is 0 Å². The van der Waals surface area contributed by atoms with Crippen LogP contribution in [0.4, 0.5) is 13.2 Å². The second-order valence-electron chi connectivity index (χ2n) is 3.54. The Morgan fingerprint density at radius 2 is 2.18 bits per heavy atom. The van der Waals surface area contributed by atoms with E-state index in [1.165, 1.54) is 6.07 Å². The minimum Gasteiger partial charge on any atom is -0.477 e. The molecule has 0 aliphatic carbocycles. The highest BCUT2D eigenvalue weighted by atomic mass is 32.1. The second kappa shape index (κ2) is 5.50. The minimum atomic E-state index is -4.16. The van der Waals surface area contributed by atoms with Crippen LogP contribution in [0.15, 0.2) is 6.07 Å². The summed E-state index contributed by atoms with van der Waals surface area (Å²) >= 11 is 1.12. The van der Waals surface area contributed by atoms with Crippen LogP contribution in [-0.4, -0.2) is 23.8 Å². The minimum absolute atomic E-state index is 0.165. The second-order valence-corrected chi connectivity index (χ2v) is 4.80. The molecule has 1 rings (SSSR count). The molecule has 2 N–H and O–H groups in total. The molecule has 0 aliphatic rings. The fraction of sp³-hybridized carbons (Fsp3) is 0.500. The van der Waals surface area contributed by atoms with E-state index in [4.69, 9.17) is 5.11 Å². The van der Waals surface area contributed by atoms with Gasteiger partial charge in [-0.25, -0.2) is 4.79 Å². The van der Waals surface area contributed by atoms with Crippen LogP contribution in [0.25, 0.3) is 0 Å². The monoisotopic (exact) mass is 267 g/mol. The van der Waals surface area contributed by atoms with Gasteiger partial charge < -0.3 is 10.4 Å². The van der Waals surface area contributed by atoms with Crippen LogP contribution in [0.2, 0.25) is 0 Å². The molecule has 0 saturated heterocycles. The maximum Gasteiger partial charge on any atom is 0.390 e. The van der Waals surface area contributed by atoms with Gasteiger partial charge in [0.05, 0.1) is 6.42 Å². The lowest BCUT2D eigenvalue weighted by Crippen LogP contribution is -2.21. The summed E-state index contributed by atoms with van der Waals surface area (Å²) in [5.74, 6) is -1.01. The first-order chi connectivity index (χ1) is 7.79. The van der Waals surface area contributed by atoms with Crippen molar-refractivity contribution >= 4 is 17.3 Å². The molecule has 0 saturated carbocycles. The van der Waals surface area contributed by atoms with E-state index in [-0.39, 0.29) is 18.0 Å². The van der Waals surface area contributed by atoms with E-state index < -0.39 is 18.6 Å². The molecule has 7 heteroatoms. The third kappa shape index (κ3) is 4.74. The fourth-order valence-electron chi connectivity index (χ4n) is 1.25. The quantitative estimate of drug-likeness (QED) is 0.806. The van der Waals surface area contributed by atoms with E-state index in [9.17, 15) is 18.0 Å². The number of hydrogen-bond donors (Lipinski definition) is 2. The molecule has 1 aromatic rings. The van der Waals surface area contributed by atoms with Crippen LogP contribution in [0.5, 0.6) is 0 Å². The van der Waals surface area contributed by atoms with Gasteiger partial charge in [-0.2, -0.15) is 13.2 Å². The lowest BCUT2D eigenvalue weighted by Gasteiger charge is -2.07. The predicted molar refractivity (Wildman–Crippen MR) is 58.4 cm³/mol. The standard InChI is InChI=1S/C10H12F3NO2S/c1-6-7(4-8(17-6)9(15)16)5-14-3-2-10(11,12)13/h4,14H,2-3,5H2,1H3,(H,15,16). The highest BCUT2D eigenvalue weighted by Gasteiger charge is 2.25. The van der Waals surface area contributed by atoms with Crippen molar-refractivity contribution in [1.29, 1.82) is 0 Å². The maximum atomic E-state index is 11.9. The third-order valence-corrected chi connectivity index (χ3v) is 3.21. The van der Waals surface area contributed by atoms with Gasteiger partial charge in [-0.05, 0) is 18.6 Å². The van der Waals surface area contributed by atoms with Gasteiger partial charge in [-0.3, -0.25) is 0 Å². The van der Waals surface area contributed by atoms with E-state index in [2.05, 4.69) is 5.32 Å².